The van der Waals surface area contributed by atoms with Crippen LogP contribution in [0.4, 0.5) is 0 Å². The van der Waals surface area contributed by atoms with Crippen LogP contribution in [0.25, 0.3) is 0 Å². The van der Waals surface area contributed by atoms with Crippen molar-refractivity contribution in [3.8, 4) is 5.75 Å². The van der Waals surface area contributed by atoms with Crippen molar-refractivity contribution in [2.75, 3.05) is 18.1 Å². The molecule has 126 valence electrons. The molecule has 3 nitrogen and oxygen atoms in total. The van der Waals surface area contributed by atoms with Crippen molar-refractivity contribution < 1.29 is 9.53 Å². The number of carbonyl (C=O) groups is 1. The van der Waals surface area contributed by atoms with Gasteiger partial charge in [-0.1, -0.05) is 31.9 Å². The number of carbonyl (C=O) groups excluding carboxylic acids is 1. The molecule has 1 heterocycles. The molecule has 2 fully saturated rings. The van der Waals surface area contributed by atoms with Gasteiger partial charge in [-0.05, 0) is 36.5 Å². The Morgan fingerprint density at radius 2 is 1.87 bits per heavy atom. The van der Waals surface area contributed by atoms with E-state index in [-0.39, 0.29) is 12.5 Å². The van der Waals surface area contributed by atoms with Crippen LogP contribution in [0.2, 0.25) is 0 Å². The molecule has 1 saturated carbocycles. The molecule has 23 heavy (non-hydrogen) atoms. The average molecular weight is 352 g/mol. The minimum absolute atomic E-state index is 0.00488. The van der Waals surface area contributed by atoms with Gasteiger partial charge in [0.15, 0.2) is 6.61 Å². The van der Waals surface area contributed by atoms with Gasteiger partial charge < -0.3 is 10.1 Å². The summed E-state index contributed by atoms with van der Waals surface area (Å²) in [4.78, 5) is 12.1. The summed E-state index contributed by atoms with van der Waals surface area (Å²) in [7, 11) is 0. The summed E-state index contributed by atoms with van der Waals surface area (Å²) in [5.41, 5.74) is 1.34. The molecule has 0 spiro atoms. The first-order chi connectivity index (χ1) is 11.2. The molecule has 1 saturated heterocycles. The molecule has 1 N–H and O–H groups in total. The lowest BCUT2D eigenvalue weighted by atomic mass is 9.86. The molecule has 3 rings (SSSR count). The zero-order valence-electron chi connectivity index (χ0n) is 13.6. The van der Waals surface area contributed by atoms with Gasteiger partial charge in [0, 0.05) is 17.5 Å². The first-order valence-electron chi connectivity index (χ1n) is 8.48. The van der Waals surface area contributed by atoms with Crippen LogP contribution in [0, 0.1) is 5.92 Å². The Labute approximate surface area is 147 Å². The summed E-state index contributed by atoms with van der Waals surface area (Å²) in [5, 5.41) is 3.12. The Kier molecular flexibility index (Phi) is 6.17. The zero-order chi connectivity index (χ0) is 16.1. The lowest BCUT2D eigenvalue weighted by Gasteiger charge is -2.29. The lowest BCUT2D eigenvalue weighted by Crippen LogP contribution is -2.43. The molecule has 1 aromatic rings. The Bertz CT molecular complexity index is 514. The highest BCUT2D eigenvalue weighted by Gasteiger charge is 2.23. The number of nitrogens with one attached hydrogen (secondary N) is 1. The van der Waals surface area contributed by atoms with Crippen molar-refractivity contribution in [3.63, 3.8) is 0 Å². The number of amides is 1. The van der Waals surface area contributed by atoms with Crippen molar-refractivity contribution in [2.24, 2.45) is 5.92 Å². The third-order valence-corrected chi connectivity index (χ3v) is 7.71. The third kappa shape index (κ3) is 4.83. The van der Waals surface area contributed by atoms with Crippen molar-refractivity contribution in [2.45, 2.75) is 43.2 Å². The molecule has 2 atom stereocenters. The quantitative estimate of drug-likeness (QED) is 0.861. The molecule has 0 bridgehead atoms. The van der Waals surface area contributed by atoms with Crippen LogP contribution in [0.15, 0.2) is 24.3 Å². The molecular formula is C18H25NO2S2. The van der Waals surface area contributed by atoms with E-state index < -0.39 is 0 Å². The van der Waals surface area contributed by atoms with Crippen molar-refractivity contribution in [1.82, 2.24) is 5.32 Å². The second-order valence-electron chi connectivity index (χ2n) is 6.37. The van der Waals surface area contributed by atoms with E-state index in [2.05, 4.69) is 24.4 Å². The first kappa shape index (κ1) is 17.0. The van der Waals surface area contributed by atoms with Gasteiger partial charge in [-0.3, -0.25) is 4.79 Å². The Balaban J connectivity index is 1.45. The van der Waals surface area contributed by atoms with Gasteiger partial charge >= 0.3 is 0 Å². The van der Waals surface area contributed by atoms with Gasteiger partial charge in [0.1, 0.15) is 5.75 Å². The van der Waals surface area contributed by atoms with Gasteiger partial charge in [0.05, 0.1) is 4.58 Å². The first-order valence-corrected chi connectivity index (χ1v) is 10.6. The van der Waals surface area contributed by atoms with Gasteiger partial charge in [-0.15, -0.1) is 23.5 Å². The molecule has 2 aliphatic rings. The largest absolute Gasteiger partial charge is 0.484 e. The summed E-state index contributed by atoms with van der Waals surface area (Å²) < 4.78 is 6.19. The molecular weight excluding hydrogens is 326 g/mol. The molecule has 0 aromatic heterocycles. The maximum atomic E-state index is 12.1. The van der Waals surface area contributed by atoms with Crippen molar-refractivity contribution in [1.29, 1.82) is 0 Å². The lowest BCUT2D eigenvalue weighted by molar-refractivity contribution is -0.124. The molecule has 1 aliphatic carbocycles. The molecule has 0 radical (unpaired) electrons. The van der Waals surface area contributed by atoms with Gasteiger partial charge in [-0.25, -0.2) is 0 Å². The average Bonchev–Trinajstić information content (AvgIpc) is 3.10. The summed E-state index contributed by atoms with van der Waals surface area (Å²) in [5.74, 6) is 3.80. The normalized spacial score (nSPS) is 25.3. The topological polar surface area (TPSA) is 38.3 Å². The highest BCUT2D eigenvalue weighted by atomic mass is 32.2. The van der Waals surface area contributed by atoms with Gasteiger partial charge in [0.25, 0.3) is 5.91 Å². The second-order valence-corrected chi connectivity index (χ2v) is 9.09. The van der Waals surface area contributed by atoms with Crippen LogP contribution in [0.5, 0.6) is 5.75 Å². The summed E-state index contributed by atoms with van der Waals surface area (Å²) in [6, 6.07) is 8.51. The van der Waals surface area contributed by atoms with E-state index >= 15 is 0 Å². The minimum Gasteiger partial charge on any atom is -0.484 e. The fraction of sp³-hybridized carbons (Fsp3) is 0.611. The maximum absolute atomic E-state index is 12.1. The molecule has 0 unspecified atom stereocenters. The Morgan fingerprint density at radius 1 is 1.17 bits per heavy atom. The smallest absolute Gasteiger partial charge is 0.258 e. The third-order valence-electron chi connectivity index (χ3n) is 4.60. The fourth-order valence-electron chi connectivity index (χ4n) is 3.20. The van der Waals surface area contributed by atoms with E-state index in [0.29, 0.717) is 16.5 Å². The number of rotatable bonds is 5. The molecule has 1 aromatic carbocycles. The van der Waals surface area contributed by atoms with Crippen LogP contribution in [-0.2, 0) is 4.79 Å². The SMILES string of the molecule is C[C@@H]1CCCC[C@H]1NC(=O)COc1ccc(C2SCCS2)cc1. The predicted molar refractivity (Wildman–Crippen MR) is 99.2 cm³/mol. The number of ether oxygens (including phenoxy) is 1. The van der Waals surface area contributed by atoms with E-state index in [4.69, 9.17) is 4.74 Å². The van der Waals surface area contributed by atoms with Crippen LogP contribution < -0.4 is 10.1 Å². The van der Waals surface area contributed by atoms with Gasteiger partial charge in [0.2, 0.25) is 0 Å². The minimum atomic E-state index is -0.00488. The van der Waals surface area contributed by atoms with Crippen LogP contribution in [0.1, 0.15) is 42.8 Å². The van der Waals surface area contributed by atoms with E-state index in [0.717, 1.165) is 12.2 Å². The number of hydrogen-bond acceptors (Lipinski definition) is 4. The van der Waals surface area contributed by atoms with Crippen LogP contribution in [-0.4, -0.2) is 30.1 Å². The standard InChI is InChI=1S/C18H25NO2S2/c1-13-4-2-3-5-16(13)19-17(20)12-21-15-8-6-14(7-9-15)18-22-10-11-23-18/h6-9,13,16,18H,2-5,10-12H2,1H3,(H,19,20)/t13-,16-/m1/s1. The highest BCUT2D eigenvalue weighted by Crippen LogP contribution is 2.45. The van der Waals surface area contributed by atoms with Crippen LogP contribution >= 0.6 is 23.5 Å². The highest BCUT2D eigenvalue weighted by molar-refractivity contribution is 8.19. The second kappa shape index (κ2) is 8.34. The van der Waals surface area contributed by atoms with E-state index in [1.54, 1.807) is 0 Å². The molecule has 5 heteroatoms. The van der Waals surface area contributed by atoms with Crippen LogP contribution in [0.3, 0.4) is 0 Å². The summed E-state index contributed by atoms with van der Waals surface area (Å²) in [6.45, 7) is 2.33. The fourth-order valence-corrected chi connectivity index (χ4v) is 6.06. The summed E-state index contributed by atoms with van der Waals surface area (Å²) in [6.07, 6.45) is 4.81. The molecule has 1 amide bonds. The summed E-state index contributed by atoms with van der Waals surface area (Å²) >= 11 is 3.99. The van der Waals surface area contributed by atoms with E-state index in [1.807, 2.05) is 35.7 Å². The predicted octanol–water partition coefficient (Wildman–Crippen LogP) is 4.24. The van der Waals surface area contributed by atoms with Crippen molar-refractivity contribution in [3.05, 3.63) is 29.8 Å². The Hall–Kier alpha value is -0.810. The van der Waals surface area contributed by atoms with Gasteiger partial charge in [-0.2, -0.15) is 0 Å². The number of thioether (sulfide) groups is 2. The maximum Gasteiger partial charge on any atom is 0.258 e. The zero-order valence-corrected chi connectivity index (χ0v) is 15.3. The number of hydrogen-bond donors (Lipinski definition) is 1. The monoisotopic (exact) mass is 351 g/mol. The Morgan fingerprint density at radius 3 is 2.57 bits per heavy atom. The number of benzene rings is 1. The van der Waals surface area contributed by atoms with E-state index in [9.17, 15) is 4.79 Å². The molecule has 1 aliphatic heterocycles. The van der Waals surface area contributed by atoms with E-state index in [1.165, 1.54) is 36.3 Å². The van der Waals surface area contributed by atoms with Crippen molar-refractivity contribution >= 4 is 29.4 Å².